The molecule has 1 aliphatic heterocycles. The van der Waals surface area contributed by atoms with E-state index in [1.165, 1.54) is 0 Å². The first-order chi connectivity index (χ1) is 12.0. The molecule has 130 valence electrons. The first-order valence-corrected chi connectivity index (χ1v) is 8.26. The van der Waals surface area contributed by atoms with Crippen molar-refractivity contribution < 1.29 is 19.4 Å². The molecule has 5 nitrogen and oxygen atoms in total. The van der Waals surface area contributed by atoms with Gasteiger partial charge in [-0.2, -0.15) is 0 Å². The van der Waals surface area contributed by atoms with Crippen LogP contribution in [0.15, 0.2) is 42.5 Å². The predicted octanol–water partition coefficient (Wildman–Crippen LogP) is 2.86. The maximum atomic E-state index is 12.7. The second-order valence-corrected chi connectivity index (χ2v) is 6.40. The van der Waals surface area contributed by atoms with Gasteiger partial charge in [0.15, 0.2) is 12.1 Å². The van der Waals surface area contributed by atoms with E-state index in [2.05, 4.69) is 5.32 Å². The fourth-order valence-electron chi connectivity index (χ4n) is 3.29. The van der Waals surface area contributed by atoms with Gasteiger partial charge in [-0.15, -0.1) is 0 Å². The van der Waals surface area contributed by atoms with Crippen LogP contribution in [0.2, 0.25) is 0 Å². The van der Waals surface area contributed by atoms with Gasteiger partial charge in [0.2, 0.25) is 0 Å². The molecule has 2 unspecified atom stereocenters. The second-order valence-electron chi connectivity index (χ2n) is 6.40. The van der Waals surface area contributed by atoms with Gasteiger partial charge in [-0.25, -0.2) is 4.79 Å². The highest BCUT2D eigenvalue weighted by molar-refractivity contribution is 5.88. The molecule has 3 rings (SSSR count). The molecule has 2 aromatic rings. The van der Waals surface area contributed by atoms with E-state index in [9.17, 15) is 14.7 Å². The van der Waals surface area contributed by atoms with Crippen molar-refractivity contribution in [3.8, 4) is 0 Å². The number of aliphatic carboxylic acids is 1. The quantitative estimate of drug-likeness (QED) is 0.898. The zero-order valence-electron chi connectivity index (χ0n) is 14.3. The number of hydrogen-bond acceptors (Lipinski definition) is 3. The Morgan fingerprint density at radius 1 is 1.16 bits per heavy atom. The van der Waals surface area contributed by atoms with Gasteiger partial charge >= 0.3 is 5.97 Å². The van der Waals surface area contributed by atoms with Gasteiger partial charge < -0.3 is 15.2 Å². The Balaban J connectivity index is 1.86. The highest BCUT2D eigenvalue weighted by Crippen LogP contribution is 2.28. The largest absolute Gasteiger partial charge is 0.479 e. The summed E-state index contributed by atoms with van der Waals surface area (Å²) < 4.78 is 5.63. The maximum absolute atomic E-state index is 12.7. The third kappa shape index (κ3) is 3.72. The van der Waals surface area contributed by atoms with E-state index in [1.54, 1.807) is 12.1 Å². The lowest BCUT2D eigenvalue weighted by molar-refractivity contribution is -0.145. The molecular weight excluding hydrogens is 318 g/mol. The standard InChI is InChI=1S/C20H21NO4/c1-12-9-13(2)11-15(10-12)17(20(23)24)21-19(22)18-16-6-4-3-5-14(16)7-8-25-18/h3-6,9-11,17-18H,7-8H2,1-2H3,(H,21,22)(H,23,24). The number of benzene rings is 2. The van der Waals surface area contributed by atoms with Crippen LogP contribution in [-0.4, -0.2) is 23.6 Å². The summed E-state index contributed by atoms with van der Waals surface area (Å²) >= 11 is 0. The van der Waals surface area contributed by atoms with E-state index in [0.717, 1.165) is 28.7 Å². The Morgan fingerprint density at radius 2 is 1.84 bits per heavy atom. The fraction of sp³-hybridized carbons (Fsp3) is 0.300. The van der Waals surface area contributed by atoms with Gasteiger partial charge in [-0.1, -0.05) is 53.6 Å². The van der Waals surface area contributed by atoms with Gasteiger partial charge in [0.05, 0.1) is 6.61 Å². The first kappa shape index (κ1) is 17.2. The lowest BCUT2D eigenvalue weighted by atomic mass is 9.96. The number of amides is 1. The molecule has 5 heteroatoms. The van der Waals surface area contributed by atoms with Crippen molar-refractivity contribution in [2.24, 2.45) is 0 Å². The Labute approximate surface area is 146 Å². The summed E-state index contributed by atoms with van der Waals surface area (Å²) in [6.45, 7) is 4.24. The van der Waals surface area contributed by atoms with E-state index in [-0.39, 0.29) is 0 Å². The molecule has 0 bridgehead atoms. The molecule has 0 saturated heterocycles. The summed E-state index contributed by atoms with van der Waals surface area (Å²) in [7, 11) is 0. The summed E-state index contributed by atoms with van der Waals surface area (Å²) in [4.78, 5) is 24.5. The number of fused-ring (bicyclic) bond motifs is 1. The molecule has 2 N–H and O–H groups in total. The van der Waals surface area contributed by atoms with Crippen LogP contribution in [0.1, 0.15) is 40.0 Å². The van der Waals surface area contributed by atoms with Crippen LogP contribution in [0, 0.1) is 13.8 Å². The van der Waals surface area contributed by atoms with E-state index in [1.807, 2.05) is 44.2 Å². The molecule has 0 fully saturated rings. The number of carbonyl (C=O) groups is 2. The molecule has 0 aromatic heterocycles. The van der Waals surface area contributed by atoms with Gasteiger partial charge in [-0.3, -0.25) is 4.79 Å². The van der Waals surface area contributed by atoms with Crippen LogP contribution in [0.3, 0.4) is 0 Å². The van der Waals surface area contributed by atoms with Crippen molar-refractivity contribution in [3.63, 3.8) is 0 Å². The van der Waals surface area contributed by atoms with E-state index in [0.29, 0.717) is 12.2 Å². The Kier molecular flexibility index (Phi) is 4.86. The summed E-state index contributed by atoms with van der Waals surface area (Å²) in [6, 6.07) is 12.0. The number of carboxylic acids is 1. The first-order valence-electron chi connectivity index (χ1n) is 8.26. The average molecular weight is 339 g/mol. The van der Waals surface area contributed by atoms with Gasteiger partial charge in [0.1, 0.15) is 0 Å². The van der Waals surface area contributed by atoms with Crippen molar-refractivity contribution in [3.05, 3.63) is 70.3 Å². The minimum Gasteiger partial charge on any atom is -0.479 e. The van der Waals surface area contributed by atoms with E-state index < -0.39 is 24.0 Å². The Hall–Kier alpha value is -2.66. The normalized spacial score (nSPS) is 17.4. The molecule has 25 heavy (non-hydrogen) atoms. The molecule has 0 aliphatic carbocycles. The summed E-state index contributed by atoms with van der Waals surface area (Å²) in [5, 5.41) is 12.2. The van der Waals surface area contributed by atoms with Gasteiger partial charge in [-0.05, 0) is 37.0 Å². The molecule has 2 atom stereocenters. The van der Waals surface area contributed by atoms with Gasteiger partial charge in [0.25, 0.3) is 5.91 Å². The average Bonchev–Trinajstić information content (AvgIpc) is 2.57. The molecule has 0 radical (unpaired) electrons. The molecule has 1 amide bonds. The summed E-state index contributed by atoms with van der Waals surface area (Å²) in [5.41, 5.74) is 4.33. The third-order valence-electron chi connectivity index (χ3n) is 4.34. The van der Waals surface area contributed by atoms with E-state index in [4.69, 9.17) is 4.74 Å². The smallest absolute Gasteiger partial charge is 0.330 e. The maximum Gasteiger partial charge on any atom is 0.330 e. The second kappa shape index (κ2) is 7.07. The van der Waals surface area contributed by atoms with Crippen LogP contribution < -0.4 is 5.32 Å². The molecule has 1 heterocycles. The van der Waals surface area contributed by atoms with Gasteiger partial charge in [0, 0.05) is 0 Å². The number of ether oxygens (including phenoxy) is 1. The third-order valence-corrected chi connectivity index (χ3v) is 4.34. The minimum atomic E-state index is -1.11. The number of carbonyl (C=O) groups excluding carboxylic acids is 1. The highest BCUT2D eigenvalue weighted by Gasteiger charge is 2.31. The van der Waals surface area contributed by atoms with Crippen molar-refractivity contribution in [1.29, 1.82) is 0 Å². The lowest BCUT2D eigenvalue weighted by Crippen LogP contribution is -2.39. The highest BCUT2D eigenvalue weighted by atomic mass is 16.5. The molecule has 2 aromatic carbocycles. The van der Waals surface area contributed by atoms with Crippen LogP contribution >= 0.6 is 0 Å². The number of aryl methyl sites for hydroxylation is 2. The Morgan fingerprint density at radius 3 is 2.52 bits per heavy atom. The monoisotopic (exact) mass is 339 g/mol. The number of nitrogens with one attached hydrogen (secondary N) is 1. The predicted molar refractivity (Wildman–Crippen MR) is 93.3 cm³/mol. The molecular formula is C20H21NO4. The van der Waals surface area contributed by atoms with Crippen LogP contribution in [0.25, 0.3) is 0 Å². The Bertz CT molecular complexity index is 795. The number of rotatable bonds is 4. The minimum absolute atomic E-state index is 0.432. The van der Waals surface area contributed by atoms with Crippen molar-refractivity contribution >= 4 is 11.9 Å². The summed E-state index contributed by atoms with van der Waals surface area (Å²) in [5.74, 6) is -1.53. The number of carboxylic acid groups (broad SMARTS) is 1. The van der Waals surface area contributed by atoms with Crippen LogP contribution in [0.4, 0.5) is 0 Å². The zero-order valence-corrected chi connectivity index (χ0v) is 14.3. The van der Waals surface area contributed by atoms with Crippen molar-refractivity contribution in [2.45, 2.75) is 32.4 Å². The van der Waals surface area contributed by atoms with Crippen LogP contribution in [0.5, 0.6) is 0 Å². The SMILES string of the molecule is Cc1cc(C)cc(C(NC(=O)C2OCCc3ccccc32)C(=O)O)c1. The van der Waals surface area contributed by atoms with E-state index >= 15 is 0 Å². The molecule has 0 saturated carbocycles. The molecule has 1 aliphatic rings. The van der Waals surface area contributed by atoms with Crippen molar-refractivity contribution in [1.82, 2.24) is 5.32 Å². The lowest BCUT2D eigenvalue weighted by Gasteiger charge is -2.26. The fourth-order valence-corrected chi connectivity index (χ4v) is 3.29. The zero-order chi connectivity index (χ0) is 18.0. The molecule has 0 spiro atoms. The topological polar surface area (TPSA) is 75.6 Å². The summed E-state index contributed by atoms with van der Waals surface area (Å²) in [6.07, 6.45) is -0.0305. The number of hydrogen-bond donors (Lipinski definition) is 2. The van der Waals surface area contributed by atoms with Crippen LogP contribution in [-0.2, 0) is 20.7 Å². The van der Waals surface area contributed by atoms with Crippen molar-refractivity contribution in [2.75, 3.05) is 6.61 Å².